The first-order chi connectivity index (χ1) is 11.8. The van der Waals surface area contributed by atoms with Crippen molar-refractivity contribution < 1.29 is 5.11 Å². The summed E-state index contributed by atoms with van der Waals surface area (Å²) in [5, 5.41) is 9.46. The van der Waals surface area contributed by atoms with E-state index in [1.165, 1.54) is 12.8 Å². The second-order valence-corrected chi connectivity index (χ2v) is 6.19. The number of phenols is 1. The van der Waals surface area contributed by atoms with Gasteiger partial charge in [-0.05, 0) is 36.5 Å². The van der Waals surface area contributed by atoms with Gasteiger partial charge < -0.3 is 10.0 Å². The number of phenolic OH excluding ortho intramolecular Hbond substituents is 1. The van der Waals surface area contributed by atoms with Crippen molar-refractivity contribution in [3.05, 3.63) is 60.9 Å². The van der Waals surface area contributed by atoms with E-state index in [9.17, 15) is 5.11 Å². The van der Waals surface area contributed by atoms with Crippen LogP contribution in [0.4, 0.5) is 5.82 Å². The van der Waals surface area contributed by atoms with Gasteiger partial charge in [0, 0.05) is 31.5 Å². The largest absolute Gasteiger partial charge is 0.508 e. The fourth-order valence-corrected chi connectivity index (χ4v) is 2.72. The third-order valence-electron chi connectivity index (χ3n) is 4.22. The van der Waals surface area contributed by atoms with Crippen LogP contribution in [-0.4, -0.2) is 31.2 Å². The van der Waals surface area contributed by atoms with Gasteiger partial charge in [-0.3, -0.25) is 4.57 Å². The molecule has 1 N–H and O–H groups in total. The lowest BCUT2D eigenvalue weighted by atomic mass is 10.2. The Morgan fingerprint density at radius 2 is 2.00 bits per heavy atom. The smallest absolute Gasteiger partial charge is 0.143 e. The van der Waals surface area contributed by atoms with Crippen LogP contribution in [0.3, 0.4) is 0 Å². The van der Waals surface area contributed by atoms with Crippen LogP contribution < -0.4 is 4.90 Å². The fourth-order valence-electron chi connectivity index (χ4n) is 2.72. The Bertz CT molecular complexity index is 797. The van der Waals surface area contributed by atoms with Gasteiger partial charge in [-0.25, -0.2) is 15.0 Å². The molecule has 1 fully saturated rings. The molecular weight excluding hydrogens is 302 g/mol. The molecule has 0 spiro atoms. The van der Waals surface area contributed by atoms with Crippen molar-refractivity contribution in [1.82, 2.24) is 19.5 Å². The van der Waals surface area contributed by atoms with Crippen molar-refractivity contribution in [1.29, 1.82) is 0 Å². The molecule has 1 aromatic carbocycles. The second kappa shape index (κ2) is 6.31. The van der Waals surface area contributed by atoms with Crippen LogP contribution in [-0.2, 0) is 6.54 Å². The summed E-state index contributed by atoms with van der Waals surface area (Å²) < 4.78 is 1.88. The van der Waals surface area contributed by atoms with Gasteiger partial charge >= 0.3 is 0 Å². The zero-order valence-electron chi connectivity index (χ0n) is 13.3. The van der Waals surface area contributed by atoms with E-state index in [0.717, 1.165) is 36.2 Å². The highest BCUT2D eigenvalue weighted by atomic mass is 16.3. The van der Waals surface area contributed by atoms with Crippen molar-refractivity contribution in [2.75, 3.05) is 11.4 Å². The molecule has 2 aromatic heterocycles. The van der Waals surface area contributed by atoms with Gasteiger partial charge in [-0.15, -0.1) is 0 Å². The Balaban J connectivity index is 1.60. The molecule has 0 radical (unpaired) electrons. The van der Waals surface area contributed by atoms with Gasteiger partial charge in [0.05, 0.1) is 0 Å². The van der Waals surface area contributed by atoms with Crippen molar-refractivity contribution in [2.45, 2.75) is 19.4 Å². The van der Waals surface area contributed by atoms with Crippen LogP contribution in [0.15, 0.2) is 55.4 Å². The highest BCUT2D eigenvalue weighted by Crippen LogP contribution is 2.32. The maximum absolute atomic E-state index is 9.46. The number of hydrogen-bond acceptors (Lipinski definition) is 5. The molecule has 0 unspecified atom stereocenters. The standard InChI is InChI=1S/C18H19N5O/c24-16-5-3-15(4-6-16)11-23(10-14-1-2-14)18-9-17(20-12-21-18)22-8-7-19-13-22/h3-9,12-14,24H,1-2,10-11H2. The first-order valence-corrected chi connectivity index (χ1v) is 8.11. The zero-order valence-corrected chi connectivity index (χ0v) is 13.3. The van der Waals surface area contributed by atoms with E-state index in [4.69, 9.17) is 0 Å². The first-order valence-electron chi connectivity index (χ1n) is 8.11. The molecule has 2 heterocycles. The summed E-state index contributed by atoms with van der Waals surface area (Å²) in [6.45, 7) is 1.75. The fraction of sp³-hybridized carbons (Fsp3) is 0.278. The molecule has 122 valence electrons. The SMILES string of the molecule is Oc1ccc(CN(CC2CC2)c2cc(-n3ccnc3)ncn2)cc1. The zero-order chi connectivity index (χ0) is 16.4. The molecule has 4 rings (SSSR count). The van der Waals surface area contributed by atoms with Gasteiger partial charge in [-0.2, -0.15) is 0 Å². The molecule has 1 aliphatic carbocycles. The number of hydrogen-bond donors (Lipinski definition) is 1. The van der Waals surface area contributed by atoms with Gasteiger partial charge in [-0.1, -0.05) is 12.1 Å². The van der Waals surface area contributed by atoms with E-state index < -0.39 is 0 Å². The number of nitrogens with zero attached hydrogens (tertiary/aromatic N) is 5. The summed E-state index contributed by atoms with van der Waals surface area (Å²) in [6, 6.07) is 9.34. The summed E-state index contributed by atoms with van der Waals surface area (Å²) in [6.07, 6.45) is 9.51. The molecule has 0 aliphatic heterocycles. The summed E-state index contributed by atoms with van der Waals surface area (Å²) in [5.41, 5.74) is 1.15. The van der Waals surface area contributed by atoms with E-state index in [1.807, 2.05) is 29.0 Å². The molecule has 1 aliphatic rings. The number of rotatable bonds is 6. The lowest BCUT2D eigenvalue weighted by Gasteiger charge is -2.24. The molecule has 6 heteroatoms. The monoisotopic (exact) mass is 321 g/mol. The average Bonchev–Trinajstić information content (AvgIpc) is 3.25. The minimum absolute atomic E-state index is 0.289. The highest BCUT2D eigenvalue weighted by Gasteiger charge is 2.25. The molecule has 0 atom stereocenters. The van der Waals surface area contributed by atoms with Gasteiger partial charge in [0.25, 0.3) is 0 Å². The first kappa shape index (κ1) is 14.7. The van der Waals surface area contributed by atoms with Gasteiger partial charge in [0.1, 0.15) is 30.0 Å². The number of anilines is 1. The van der Waals surface area contributed by atoms with Crippen LogP contribution in [0.25, 0.3) is 5.82 Å². The van der Waals surface area contributed by atoms with Gasteiger partial charge in [0.2, 0.25) is 0 Å². The summed E-state index contributed by atoms with van der Waals surface area (Å²) >= 11 is 0. The number of imidazole rings is 1. The molecule has 24 heavy (non-hydrogen) atoms. The minimum Gasteiger partial charge on any atom is -0.508 e. The second-order valence-electron chi connectivity index (χ2n) is 6.19. The summed E-state index contributed by atoms with van der Waals surface area (Å²) in [4.78, 5) is 15.2. The molecule has 0 bridgehead atoms. The number of benzene rings is 1. The lowest BCUT2D eigenvalue weighted by molar-refractivity contribution is 0.475. The molecule has 0 amide bonds. The van der Waals surface area contributed by atoms with Crippen LogP contribution in [0.1, 0.15) is 18.4 Å². The Labute approximate surface area is 140 Å². The number of aromatic hydroxyl groups is 1. The summed E-state index contributed by atoms with van der Waals surface area (Å²) in [7, 11) is 0. The average molecular weight is 321 g/mol. The predicted octanol–water partition coefficient (Wildman–Crippen LogP) is 2.78. The molecule has 3 aromatic rings. The van der Waals surface area contributed by atoms with E-state index in [2.05, 4.69) is 19.9 Å². The minimum atomic E-state index is 0.289. The Morgan fingerprint density at radius 1 is 1.17 bits per heavy atom. The van der Waals surface area contributed by atoms with E-state index in [1.54, 1.807) is 31.0 Å². The van der Waals surface area contributed by atoms with E-state index >= 15 is 0 Å². The molecular formula is C18H19N5O. The Hall–Kier alpha value is -2.89. The molecule has 6 nitrogen and oxygen atoms in total. The van der Waals surface area contributed by atoms with Crippen molar-refractivity contribution >= 4 is 5.82 Å². The molecule has 1 saturated carbocycles. The topological polar surface area (TPSA) is 67.1 Å². The lowest BCUT2D eigenvalue weighted by Crippen LogP contribution is -2.26. The van der Waals surface area contributed by atoms with Gasteiger partial charge in [0.15, 0.2) is 0 Å². The van der Waals surface area contributed by atoms with Crippen LogP contribution in [0.2, 0.25) is 0 Å². The van der Waals surface area contributed by atoms with E-state index in [0.29, 0.717) is 0 Å². The third kappa shape index (κ3) is 3.37. The quantitative estimate of drug-likeness (QED) is 0.756. The van der Waals surface area contributed by atoms with Crippen LogP contribution >= 0.6 is 0 Å². The summed E-state index contributed by atoms with van der Waals surface area (Å²) in [5.74, 6) is 2.75. The van der Waals surface area contributed by atoms with Crippen molar-refractivity contribution in [3.63, 3.8) is 0 Å². The number of aromatic nitrogens is 4. The van der Waals surface area contributed by atoms with E-state index in [-0.39, 0.29) is 5.75 Å². The van der Waals surface area contributed by atoms with Crippen molar-refractivity contribution in [3.8, 4) is 11.6 Å². The maximum atomic E-state index is 9.46. The van der Waals surface area contributed by atoms with Crippen LogP contribution in [0, 0.1) is 5.92 Å². The maximum Gasteiger partial charge on any atom is 0.143 e. The Morgan fingerprint density at radius 3 is 2.71 bits per heavy atom. The molecule has 0 saturated heterocycles. The van der Waals surface area contributed by atoms with Crippen molar-refractivity contribution in [2.24, 2.45) is 5.92 Å². The third-order valence-corrected chi connectivity index (χ3v) is 4.22. The normalized spacial score (nSPS) is 13.8. The highest BCUT2D eigenvalue weighted by molar-refractivity contribution is 5.44. The van der Waals surface area contributed by atoms with Crippen LogP contribution in [0.5, 0.6) is 5.75 Å². The Kier molecular flexibility index (Phi) is 3.86. The predicted molar refractivity (Wildman–Crippen MR) is 91.0 cm³/mol.